The van der Waals surface area contributed by atoms with Crippen LogP contribution in [0.3, 0.4) is 0 Å². The third kappa shape index (κ3) is 3.76. The second-order valence-electron chi connectivity index (χ2n) is 2.75. The van der Waals surface area contributed by atoms with Gasteiger partial charge in [-0.3, -0.25) is 0 Å². The molecule has 1 aromatic carbocycles. The number of hydrogen-bond donors (Lipinski definition) is 1. The van der Waals surface area contributed by atoms with E-state index in [2.05, 4.69) is 0 Å². The first kappa shape index (κ1) is 11.0. The molecule has 1 unspecified atom stereocenters. The van der Waals surface area contributed by atoms with Crippen LogP contribution < -0.4 is 0 Å². The largest absolute Gasteiger partial charge is 0.616 e. The third-order valence-electron chi connectivity index (χ3n) is 1.53. The molecule has 5 heteroatoms. The summed E-state index contributed by atoms with van der Waals surface area (Å²) in [7, 11) is 0. The highest BCUT2D eigenvalue weighted by atomic mass is 32.2. The van der Waals surface area contributed by atoms with Crippen LogP contribution in [0, 0.1) is 5.82 Å². The summed E-state index contributed by atoms with van der Waals surface area (Å²) in [6, 6.07) is 5.50. The Morgan fingerprint density at radius 2 is 2.00 bits per heavy atom. The van der Waals surface area contributed by atoms with E-state index in [-0.39, 0.29) is 17.3 Å². The fraction of sp³-hybridized carbons (Fsp3) is 0.222. The quantitative estimate of drug-likeness (QED) is 0.768. The number of carboxylic acid groups (broad SMARTS) is 1. The smallest absolute Gasteiger partial charge is 0.353 e. The number of hydrogen-bond acceptors (Lipinski definition) is 2. The molecule has 0 fully saturated rings. The lowest BCUT2D eigenvalue weighted by Gasteiger charge is -2.07. The lowest BCUT2D eigenvalue weighted by atomic mass is 10.2. The summed E-state index contributed by atoms with van der Waals surface area (Å²) in [4.78, 5) is 10.2. The van der Waals surface area contributed by atoms with Crippen molar-refractivity contribution in [3.63, 3.8) is 0 Å². The van der Waals surface area contributed by atoms with Crippen LogP contribution in [0.25, 0.3) is 0 Å². The normalized spacial score (nSPS) is 12.4. The van der Waals surface area contributed by atoms with Gasteiger partial charge in [0.15, 0.2) is 0 Å². The Kier molecular flexibility index (Phi) is 3.91. The number of carboxylic acids is 1. The number of carbonyl (C=O) groups is 1. The van der Waals surface area contributed by atoms with Gasteiger partial charge in [0.25, 0.3) is 0 Å². The molecule has 0 aliphatic carbocycles. The lowest BCUT2D eigenvalue weighted by Crippen LogP contribution is -2.16. The molecule has 0 aliphatic heterocycles. The van der Waals surface area contributed by atoms with E-state index < -0.39 is 17.1 Å². The minimum atomic E-state index is -1.43. The summed E-state index contributed by atoms with van der Waals surface area (Å²) in [6.07, 6.45) is 0. The number of rotatable bonds is 4. The van der Waals surface area contributed by atoms with Crippen molar-refractivity contribution in [1.82, 2.24) is 0 Å². The zero-order chi connectivity index (χ0) is 10.6. The van der Waals surface area contributed by atoms with Crippen LogP contribution >= 0.6 is 0 Å². The van der Waals surface area contributed by atoms with Crippen LogP contribution in [-0.2, 0) is 21.7 Å². The molecule has 1 N–H and O–H groups in total. The molecule has 1 rings (SSSR count). The minimum Gasteiger partial charge on any atom is -0.616 e. The molecule has 0 aromatic heterocycles. The number of aliphatic carboxylic acids is 1. The molecule has 1 atom stereocenters. The maximum atomic E-state index is 12.5. The van der Waals surface area contributed by atoms with Gasteiger partial charge >= 0.3 is 5.97 Å². The Bertz CT molecular complexity index is 312. The van der Waals surface area contributed by atoms with E-state index in [1.165, 1.54) is 24.3 Å². The second-order valence-corrected chi connectivity index (χ2v) is 4.21. The summed E-state index contributed by atoms with van der Waals surface area (Å²) in [6.45, 7) is 0. The number of benzene rings is 1. The van der Waals surface area contributed by atoms with E-state index in [1.807, 2.05) is 0 Å². The third-order valence-corrected chi connectivity index (χ3v) is 2.75. The highest BCUT2D eigenvalue weighted by Crippen LogP contribution is 2.07. The van der Waals surface area contributed by atoms with Gasteiger partial charge in [-0.05, 0) is 23.3 Å². The van der Waals surface area contributed by atoms with Gasteiger partial charge in [0.1, 0.15) is 11.6 Å². The van der Waals surface area contributed by atoms with Crippen molar-refractivity contribution in [3.8, 4) is 0 Å². The van der Waals surface area contributed by atoms with Crippen LogP contribution in [0.5, 0.6) is 0 Å². The summed E-state index contributed by atoms with van der Waals surface area (Å²) in [5, 5.41) is 8.35. The fourth-order valence-electron chi connectivity index (χ4n) is 0.955. The summed E-state index contributed by atoms with van der Waals surface area (Å²) in [5.41, 5.74) is 0.672. The zero-order valence-electron chi connectivity index (χ0n) is 7.27. The molecule has 0 saturated carbocycles. The molecular weight excluding hydrogens is 207 g/mol. The molecule has 0 heterocycles. The van der Waals surface area contributed by atoms with Crippen molar-refractivity contribution in [3.05, 3.63) is 35.6 Å². The van der Waals surface area contributed by atoms with E-state index in [1.54, 1.807) is 0 Å². The molecule has 0 spiro atoms. The van der Waals surface area contributed by atoms with Gasteiger partial charge in [0.2, 0.25) is 5.75 Å². The van der Waals surface area contributed by atoms with Gasteiger partial charge in [0, 0.05) is 5.56 Å². The van der Waals surface area contributed by atoms with Gasteiger partial charge in [-0.25, -0.2) is 9.18 Å². The lowest BCUT2D eigenvalue weighted by molar-refractivity contribution is -0.134. The minimum absolute atomic E-state index is 0.145. The molecule has 0 amide bonds. The maximum absolute atomic E-state index is 12.5. The van der Waals surface area contributed by atoms with Crippen LogP contribution in [0.4, 0.5) is 4.39 Å². The topological polar surface area (TPSA) is 60.4 Å². The monoisotopic (exact) mass is 216 g/mol. The molecule has 0 saturated heterocycles. The molecule has 0 aliphatic rings. The average Bonchev–Trinajstić information content (AvgIpc) is 2.07. The Morgan fingerprint density at radius 3 is 2.50 bits per heavy atom. The van der Waals surface area contributed by atoms with Crippen molar-refractivity contribution in [2.45, 2.75) is 5.75 Å². The zero-order valence-corrected chi connectivity index (χ0v) is 8.09. The van der Waals surface area contributed by atoms with E-state index in [4.69, 9.17) is 5.11 Å². The summed E-state index contributed by atoms with van der Waals surface area (Å²) < 4.78 is 23.6. The van der Waals surface area contributed by atoms with Crippen molar-refractivity contribution in [1.29, 1.82) is 0 Å². The van der Waals surface area contributed by atoms with E-state index in [0.29, 0.717) is 5.56 Å². The van der Waals surface area contributed by atoms with E-state index in [0.717, 1.165) is 0 Å². The number of halogens is 1. The van der Waals surface area contributed by atoms with Crippen molar-refractivity contribution < 1.29 is 18.8 Å². The van der Waals surface area contributed by atoms with Gasteiger partial charge in [0.05, 0.1) is 0 Å². The highest BCUT2D eigenvalue weighted by Gasteiger charge is 2.12. The molecule has 14 heavy (non-hydrogen) atoms. The van der Waals surface area contributed by atoms with Crippen molar-refractivity contribution in [2.24, 2.45) is 0 Å². The fourth-order valence-corrected chi connectivity index (χ4v) is 1.90. The highest BCUT2D eigenvalue weighted by molar-refractivity contribution is 7.91. The van der Waals surface area contributed by atoms with Gasteiger partial charge in [-0.15, -0.1) is 0 Å². The first-order valence-corrected chi connectivity index (χ1v) is 5.38. The standard InChI is InChI=1S/C9H9FO3S/c10-8-3-1-7(2-4-8)5-14(13)6-9(11)12/h1-4H,5-6H2,(H,11,12). The van der Waals surface area contributed by atoms with Crippen molar-refractivity contribution >= 4 is 17.1 Å². The Hall–Kier alpha value is -1.07. The maximum Gasteiger partial charge on any atom is 0.353 e. The van der Waals surface area contributed by atoms with Crippen LogP contribution in [0.1, 0.15) is 5.56 Å². The molecular formula is C9H9FO3S. The molecule has 3 nitrogen and oxygen atoms in total. The molecule has 1 aromatic rings. The van der Waals surface area contributed by atoms with E-state index in [9.17, 15) is 13.7 Å². The Balaban J connectivity index is 2.51. The SMILES string of the molecule is O=C(O)C[S+]([O-])Cc1ccc(F)cc1. The van der Waals surface area contributed by atoms with Gasteiger partial charge < -0.3 is 9.66 Å². The predicted molar refractivity (Wildman–Crippen MR) is 50.7 cm³/mol. The van der Waals surface area contributed by atoms with E-state index >= 15 is 0 Å². The average molecular weight is 216 g/mol. The first-order valence-electron chi connectivity index (χ1n) is 3.89. The first-order chi connectivity index (χ1) is 6.58. The summed E-state index contributed by atoms with van der Waals surface area (Å²) >= 11 is -1.43. The van der Waals surface area contributed by atoms with Crippen LogP contribution in [0.15, 0.2) is 24.3 Å². The van der Waals surface area contributed by atoms with Crippen LogP contribution in [-0.4, -0.2) is 21.4 Å². The van der Waals surface area contributed by atoms with Crippen molar-refractivity contribution in [2.75, 3.05) is 5.75 Å². The van der Waals surface area contributed by atoms with Gasteiger partial charge in [-0.1, -0.05) is 12.1 Å². The Morgan fingerprint density at radius 1 is 1.43 bits per heavy atom. The molecule has 0 bridgehead atoms. The summed E-state index contributed by atoms with van der Waals surface area (Å²) in [5.74, 6) is -1.69. The Labute approximate surface area is 83.7 Å². The molecule has 76 valence electrons. The predicted octanol–water partition coefficient (Wildman–Crippen LogP) is 1.16. The second kappa shape index (κ2) is 4.97. The van der Waals surface area contributed by atoms with Gasteiger partial charge in [-0.2, -0.15) is 0 Å². The van der Waals surface area contributed by atoms with Crippen LogP contribution in [0.2, 0.25) is 0 Å². The molecule has 0 radical (unpaired) electrons.